The van der Waals surface area contributed by atoms with E-state index in [4.69, 9.17) is 9.47 Å². The van der Waals surface area contributed by atoms with E-state index >= 15 is 0 Å². The molecular weight excluding hydrogens is 221 g/mol. The van der Waals surface area contributed by atoms with Gasteiger partial charge >= 0.3 is 0 Å². The number of hydrogen-bond acceptors (Lipinski definition) is 3. The smallest absolute Gasteiger partial charge is 0.169 e. The highest BCUT2D eigenvalue weighted by Gasteiger charge is 2.06. The van der Waals surface area contributed by atoms with Gasteiger partial charge in [0.15, 0.2) is 6.29 Å². The van der Waals surface area contributed by atoms with Gasteiger partial charge in [0.05, 0.1) is 0 Å². The molecule has 0 fully saturated rings. The largest absolute Gasteiger partial charge is 0.352 e. The van der Waals surface area contributed by atoms with Gasteiger partial charge in [-0.2, -0.15) is 0 Å². The van der Waals surface area contributed by atoms with Crippen molar-refractivity contribution >= 4 is 0 Å². The molecule has 4 heteroatoms. The second kappa shape index (κ2) is 8.17. The SMILES string of the molecule is CCOC(CNCc1cccc(F)c1)OCC. The highest BCUT2D eigenvalue weighted by Crippen LogP contribution is 2.03. The van der Waals surface area contributed by atoms with E-state index in [2.05, 4.69) is 5.32 Å². The molecule has 96 valence electrons. The van der Waals surface area contributed by atoms with E-state index < -0.39 is 0 Å². The van der Waals surface area contributed by atoms with E-state index in [9.17, 15) is 4.39 Å². The molecule has 0 unspecified atom stereocenters. The Labute approximate surface area is 102 Å². The average Bonchev–Trinajstić information content (AvgIpc) is 2.30. The molecule has 1 aromatic carbocycles. The quantitative estimate of drug-likeness (QED) is 0.708. The molecule has 0 aliphatic rings. The monoisotopic (exact) mass is 241 g/mol. The van der Waals surface area contributed by atoms with Crippen LogP contribution in [0.1, 0.15) is 19.4 Å². The van der Waals surface area contributed by atoms with Gasteiger partial charge in [0.25, 0.3) is 0 Å². The van der Waals surface area contributed by atoms with Crippen molar-refractivity contribution in [1.82, 2.24) is 5.32 Å². The molecule has 0 aliphatic carbocycles. The van der Waals surface area contributed by atoms with Crippen LogP contribution in [0.15, 0.2) is 24.3 Å². The van der Waals surface area contributed by atoms with Crippen LogP contribution in [0.3, 0.4) is 0 Å². The summed E-state index contributed by atoms with van der Waals surface area (Å²) in [6.07, 6.45) is -0.237. The summed E-state index contributed by atoms with van der Waals surface area (Å²) in [4.78, 5) is 0. The van der Waals surface area contributed by atoms with Crippen molar-refractivity contribution in [2.75, 3.05) is 19.8 Å². The minimum Gasteiger partial charge on any atom is -0.352 e. The summed E-state index contributed by atoms with van der Waals surface area (Å²) in [6, 6.07) is 6.54. The van der Waals surface area contributed by atoms with Gasteiger partial charge < -0.3 is 14.8 Å². The highest BCUT2D eigenvalue weighted by molar-refractivity contribution is 5.15. The van der Waals surface area contributed by atoms with Crippen LogP contribution in [0.2, 0.25) is 0 Å². The number of benzene rings is 1. The van der Waals surface area contributed by atoms with Crippen molar-refractivity contribution in [2.24, 2.45) is 0 Å². The van der Waals surface area contributed by atoms with Gasteiger partial charge in [-0.15, -0.1) is 0 Å². The normalized spacial score (nSPS) is 11.1. The van der Waals surface area contributed by atoms with Crippen molar-refractivity contribution < 1.29 is 13.9 Å². The molecule has 0 saturated heterocycles. The Morgan fingerprint density at radius 1 is 1.24 bits per heavy atom. The maximum absolute atomic E-state index is 12.9. The first-order valence-electron chi connectivity index (χ1n) is 5.94. The van der Waals surface area contributed by atoms with Gasteiger partial charge in [0.2, 0.25) is 0 Å². The van der Waals surface area contributed by atoms with Crippen LogP contribution in [-0.2, 0) is 16.0 Å². The molecule has 3 nitrogen and oxygen atoms in total. The van der Waals surface area contributed by atoms with Crippen molar-refractivity contribution in [3.05, 3.63) is 35.6 Å². The zero-order valence-electron chi connectivity index (χ0n) is 10.4. The maximum Gasteiger partial charge on any atom is 0.169 e. The molecule has 0 amide bonds. The van der Waals surface area contributed by atoms with Crippen molar-refractivity contribution in [2.45, 2.75) is 26.7 Å². The lowest BCUT2D eigenvalue weighted by Crippen LogP contribution is -2.31. The number of halogens is 1. The molecular formula is C13H20FNO2. The van der Waals surface area contributed by atoms with Crippen molar-refractivity contribution in [3.8, 4) is 0 Å². The molecule has 1 N–H and O–H groups in total. The molecule has 0 aromatic heterocycles. The van der Waals surface area contributed by atoms with E-state index in [0.717, 1.165) is 5.56 Å². The van der Waals surface area contributed by atoms with Crippen LogP contribution >= 0.6 is 0 Å². The number of rotatable bonds is 8. The summed E-state index contributed by atoms with van der Waals surface area (Å²) in [5.41, 5.74) is 0.914. The Morgan fingerprint density at radius 3 is 2.53 bits per heavy atom. The van der Waals surface area contributed by atoms with Gasteiger partial charge in [0, 0.05) is 26.3 Å². The van der Waals surface area contributed by atoms with Gasteiger partial charge in [-0.3, -0.25) is 0 Å². The first-order valence-corrected chi connectivity index (χ1v) is 5.94. The van der Waals surface area contributed by atoms with Crippen LogP contribution in [0, 0.1) is 5.82 Å². The summed E-state index contributed by atoms with van der Waals surface area (Å²) in [5, 5.41) is 3.18. The van der Waals surface area contributed by atoms with Crippen molar-refractivity contribution in [3.63, 3.8) is 0 Å². The summed E-state index contributed by atoms with van der Waals surface area (Å²) >= 11 is 0. The van der Waals surface area contributed by atoms with Crippen LogP contribution in [0.25, 0.3) is 0 Å². The summed E-state index contributed by atoms with van der Waals surface area (Å²) < 4.78 is 23.7. The van der Waals surface area contributed by atoms with Gasteiger partial charge in [-0.25, -0.2) is 4.39 Å². The van der Waals surface area contributed by atoms with Crippen LogP contribution in [0.5, 0.6) is 0 Å². The number of nitrogens with one attached hydrogen (secondary N) is 1. The third kappa shape index (κ3) is 5.77. The van der Waals surface area contributed by atoms with E-state index in [1.165, 1.54) is 12.1 Å². The predicted molar refractivity (Wildman–Crippen MR) is 65.1 cm³/mol. The zero-order valence-corrected chi connectivity index (χ0v) is 10.4. The molecule has 0 bridgehead atoms. The first kappa shape index (κ1) is 14.1. The Hall–Kier alpha value is -0.970. The minimum atomic E-state index is -0.237. The Morgan fingerprint density at radius 2 is 1.94 bits per heavy atom. The topological polar surface area (TPSA) is 30.5 Å². The lowest BCUT2D eigenvalue weighted by Gasteiger charge is -2.17. The Bertz CT molecular complexity index is 314. The number of ether oxygens (including phenoxy) is 2. The third-order valence-electron chi connectivity index (χ3n) is 2.23. The van der Waals surface area contributed by atoms with E-state index in [-0.39, 0.29) is 12.1 Å². The molecule has 0 saturated carbocycles. The highest BCUT2D eigenvalue weighted by atomic mass is 19.1. The van der Waals surface area contributed by atoms with Crippen molar-refractivity contribution in [1.29, 1.82) is 0 Å². The molecule has 0 atom stereocenters. The molecule has 0 radical (unpaired) electrons. The lowest BCUT2D eigenvalue weighted by atomic mass is 10.2. The van der Waals surface area contributed by atoms with Crippen LogP contribution in [-0.4, -0.2) is 26.0 Å². The fraction of sp³-hybridized carbons (Fsp3) is 0.538. The average molecular weight is 241 g/mol. The Balaban J connectivity index is 2.30. The second-order valence-corrected chi connectivity index (χ2v) is 3.60. The van der Waals surface area contributed by atoms with Crippen LogP contribution in [0.4, 0.5) is 4.39 Å². The molecule has 1 aromatic rings. The summed E-state index contributed by atoms with van der Waals surface area (Å²) in [7, 11) is 0. The van der Waals surface area contributed by atoms with E-state index in [0.29, 0.717) is 26.3 Å². The lowest BCUT2D eigenvalue weighted by molar-refractivity contribution is -0.133. The summed E-state index contributed by atoms with van der Waals surface area (Å²) in [5.74, 6) is -0.213. The molecule has 17 heavy (non-hydrogen) atoms. The third-order valence-corrected chi connectivity index (χ3v) is 2.23. The van der Waals surface area contributed by atoms with E-state index in [1.54, 1.807) is 6.07 Å². The molecule has 0 spiro atoms. The first-order chi connectivity index (χ1) is 8.26. The standard InChI is InChI=1S/C13H20FNO2/c1-3-16-13(17-4-2)10-15-9-11-6-5-7-12(14)8-11/h5-8,13,15H,3-4,9-10H2,1-2H3. The van der Waals surface area contributed by atoms with Gasteiger partial charge in [-0.05, 0) is 31.5 Å². The molecule has 1 rings (SSSR count). The summed E-state index contributed by atoms with van der Waals surface area (Å²) in [6.45, 7) is 6.29. The van der Waals surface area contributed by atoms with E-state index in [1.807, 2.05) is 19.9 Å². The molecule has 0 aliphatic heterocycles. The maximum atomic E-state index is 12.9. The molecule has 0 heterocycles. The number of hydrogen-bond donors (Lipinski definition) is 1. The predicted octanol–water partition coefficient (Wildman–Crippen LogP) is 2.31. The minimum absolute atomic E-state index is 0.213. The van der Waals surface area contributed by atoms with Crippen LogP contribution < -0.4 is 5.32 Å². The Kier molecular flexibility index (Phi) is 6.77. The second-order valence-electron chi connectivity index (χ2n) is 3.60. The fourth-order valence-electron chi connectivity index (χ4n) is 1.52. The van der Waals surface area contributed by atoms with Gasteiger partial charge in [-0.1, -0.05) is 12.1 Å². The van der Waals surface area contributed by atoms with Gasteiger partial charge in [0.1, 0.15) is 5.82 Å². The zero-order chi connectivity index (χ0) is 12.5. The fourth-order valence-corrected chi connectivity index (χ4v) is 1.52.